The van der Waals surface area contributed by atoms with E-state index >= 15 is 0 Å². The normalized spacial score (nSPS) is 28.7. The number of nitrogens with zero attached hydrogens (tertiary/aromatic N) is 2. The van der Waals surface area contributed by atoms with Crippen LogP contribution >= 0.6 is 24.0 Å². The van der Waals surface area contributed by atoms with Gasteiger partial charge in [0.25, 0.3) is 0 Å². The molecule has 0 bridgehead atoms. The number of likely N-dealkylation sites (tertiary alicyclic amines) is 1. The first-order valence-corrected chi connectivity index (χ1v) is 7.34. The van der Waals surface area contributed by atoms with Gasteiger partial charge < -0.3 is 15.5 Å². The quantitative estimate of drug-likeness (QED) is 0.445. The molecule has 0 aromatic rings. The molecule has 0 aromatic heterocycles. The molecule has 0 amide bonds. The molecule has 2 unspecified atom stereocenters. The molecule has 2 rings (SSSR count). The summed E-state index contributed by atoms with van der Waals surface area (Å²) in [5, 5.41) is 6.91. The van der Waals surface area contributed by atoms with Crippen molar-refractivity contribution in [2.75, 3.05) is 33.7 Å². The van der Waals surface area contributed by atoms with Crippen LogP contribution in [0.25, 0.3) is 0 Å². The number of rotatable bonds is 4. The Labute approximate surface area is 134 Å². The van der Waals surface area contributed by atoms with Gasteiger partial charge in [0.15, 0.2) is 5.96 Å². The minimum absolute atomic E-state index is 0. The third-order valence-electron chi connectivity index (χ3n) is 4.34. The van der Waals surface area contributed by atoms with Crippen molar-refractivity contribution in [1.29, 1.82) is 0 Å². The lowest BCUT2D eigenvalue weighted by atomic mass is 9.94. The largest absolute Gasteiger partial charge is 0.356 e. The van der Waals surface area contributed by atoms with Gasteiger partial charge in [-0.3, -0.25) is 4.99 Å². The Morgan fingerprint density at radius 3 is 2.47 bits per heavy atom. The zero-order chi connectivity index (χ0) is 13.0. The van der Waals surface area contributed by atoms with Crippen molar-refractivity contribution in [2.24, 2.45) is 16.8 Å². The van der Waals surface area contributed by atoms with Crippen LogP contribution in [0.2, 0.25) is 0 Å². The molecule has 1 heterocycles. The number of nitrogens with one attached hydrogen (secondary N) is 2. The topological polar surface area (TPSA) is 39.7 Å². The number of hydrogen-bond acceptors (Lipinski definition) is 2. The maximum atomic E-state index is 4.28. The fourth-order valence-electron chi connectivity index (χ4n) is 2.64. The second kappa shape index (κ2) is 8.29. The number of piperidine rings is 1. The Hall–Kier alpha value is -0.0400. The van der Waals surface area contributed by atoms with Gasteiger partial charge in [0.2, 0.25) is 0 Å². The third kappa shape index (κ3) is 5.85. The first-order valence-electron chi connectivity index (χ1n) is 7.34. The van der Waals surface area contributed by atoms with Gasteiger partial charge in [0.05, 0.1) is 0 Å². The van der Waals surface area contributed by atoms with Crippen molar-refractivity contribution in [3.8, 4) is 0 Å². The minimum atomic E-state index is 0. The van der Waals surface area contributed by atoms with Gasteiger partial charge in [-0.1, -0.05) is 6.92 Å². The summed E-state index contributed by atoms with van der Waals surface area (Å²) in [5.74, 6) is 2.70. The lowest BCUT2D eigenvalue weighted by molar-refractivity contribution is 0.213. The molecule has 0 spiro atoms. The van der Waals surface area contributed by atoms with Crippen molar-refractivity contribution in [2.45, 2.75) is 38.6 Å². The van der Waals surface area contributed by atoms with Gasteiger partial charge in [-0.2, -0.15) is 0 Å². The maximum Gasteiger partial charge on any atom is 0.191 e. The van der Waals surface area contributed by atoms with E-state index in [0.29, 0.717) is 6.04 Å². The Morgan fingerprint density at radius 1 is 1.32 bits per heavy atom. The Bertz CT molecular complexity index is 287. The molecule has 1 aliphatic heterocycles. The monoisotopic (exact) mass is 380 g/mol. The highest BCUT2D eigenvalue weighted by Gasteiger charge is 2.33. The summed E-state index contributed by atoms with van der Waals surface area (Å²) in [6, 6.07) is 0.652. The average Bonchev–Trinajstić information content (AvgIpc) is 3.06. The van der Waals surface area contributed by atoms with E-state index in [9.17, 15) is 0 Å². The number of hydrogen-bond donors (Lipinski definition) is 2. The van der Waals surface area contributed by atoms with Crippen LogP contribution in [0.5, 0.6) is 0 Å². The molecule has 2 aliphatic rings. The molecule has 0 radical (unpaired) electrons. The highest BCUT2D eigenvalue weighted by molar-refractivity contribution is 14.0. The van der Waals surface area contributed by atoms with Crippen LogP contribution < -0.4 is 10.6 Å². The standard InChI is InChI=1S/C14H28N4.HI/c1-11-10-13(11)17-14(15-2)16-7-4-12-5-8-18(3)9-6-12;/h11-13H,4-10H2,1-3H3,(H2,15,16,17);1H. The van der Waals surface area contributed by atoms with Crippen LogP contribution in [0.3, 0.4) is 0 Å². The fourth-order valence-corrected chi connectivity index (χ4v) is 2.64. The summed E-state index contributed by atoms with van der Waals surface area (Å²) in [5.41, 5.74) is 0. The molecule has 0 aromatic carbocycles. The molecular formula is C14H29IN4. The molecular weight excluding hydrogens is 351 g/mol. The van der Waals surface area contributed by atoms with E-state index in [2.05, 4.69) is 34.5 Å². The van der Waals surface area contributed by atoms with Crippen LogP contribution in [0.4, 0.5) is 0 Å². The zero-order valence-corrected chi connectivity index (χ0v) is 14.8. The van der Waals surface area contributed by atoms with Crippen molar-refractivity contribution in [3.05, 3.63) is 0 Å². The second-order valence-corrected chi connectivity index (χ2v) is 6.00. The van der Waals surface area contributed by atoms with Crippen LogP contribution in [0, 0.1) is 11.8 Å². The van der Waals surface area contributed by atoms with Crippen molar-refractivity contribution >= 4 is 29.9 Å². The Kier molecular flexibility index (Phi) is 7.42. The molecule has 1 saturated heterocycles. The van der Waals surface area contributed by atoms with E-state index in [1.165, 1.54) is 38.8 Å². The summed E-state index contributed by atoms with van der Waals surface area (Å²) in [6.45, 7) is 5.85. The van der Waals surface area contributed by atoms with Crippen LogP contribution in [0.15, 0.2) is 4.99 Å². The molecule has 1 aliphatic carbocycles. The minimum Gasteiger partial charge on any atom is -0.356 e. The summed E-state index contributed by atoms with van der Waals surface area (Å²) in [7, 11) is 4.08. The van der Waals surface area contributed by atoms with Gasteiger partial charge in [-0.15, -0.1) is 24.0 Å². The predicted octanol–water partition coefficient (Wildman–Crippen LogP) is 1.91. The first-order chi connectivity index (χ1) is 8.69. The molecule has 19 heavy (non-hydrogen) atoms. The summed E-state index contributed by atoms with van der Waals surface area (Å²) in [6.07, 6.45) is 5.26. The van der Waals surface area contributed by atoms with E-state index < -0.39 is 0 Å². The van der Waals surface area contributed by atoms with Crippen LogP contribution in [0.1, 0.15) is 32.6 Å². The van der Waals surface area contributed by atoms with Crippen molar-refractivity contribution < 1.29 is 0 Å². The lowest BCUT2D eigenvalue weighted by Gasteiger charge is -2.29. The van der Waals surface area contributed by atoms with Crippen LogP contribution in [-0.2, 0) is 0 Å². The molecule has 112 valence electrons. The average molecular weight is 380 g/mol. The molecule has 2 fully saturated rings. The molecule has 4 nitrogen and oxygen atoms in total. The zero-order valence-electron chi connectivity index (χ0n) is 12.5. The summed E-state index contributed by atoms with van der Waals surface area (Å²) >= 11 is 0. The lowest BCUT2D eigenvalue weighted by Crippen LogP contribution is -2.40. The molecule has 2 N–H and O–H groups in total. The molecule has 2 atom stereocenters. The van der Waals surface area contributed by atoms with Crippen molar-refractivity contribution in [3.63, 3.8) is 0 Å². The highest BCUT2D eigenvalue weighted by Crippen LogP contribution is 2.28. The molecule has 1 saturated carbocycles. The van der Waals surface area contributed by atoms with E-state index in [4.69, 9.17) is 0 Å². The highest BCUT2D eigenvalue weighted by atomic mass is 127. The first kappa shape index (κ1) is 17.0. The van der Waals surface area contributed by atoms with Gasteiger partial charge in [-0.05, 0) is 57.7 Å². The summed E-state index contributed by atoms with van der Waals surface area (Å²) in [4.78, 5) is 6.71. The second-order valence-electron chi connectivity index (χ2n) is 6.00. The SMILES string of the molecule is CN=C(NCCC1CCN(C)CC1)NC1CC1C.I. The van der Waals surface area contributed by atoms with Gasteiger partial charge >= 0.3 is 0 Å². The van der Waals surface area contributed by atoms with E-state index in [0.717, 1.165) is 24.3 Å². The fraction of sp³-hybridized carbons (Fsp3) is 0.929. The van der Waals surface area contributed by atoms with Crippen LogP contribution in [-0.4, -0.2) is 50.6 Å². The van der Waals surface area contributed by atoms with Gasteiger partial charge in [-0.25, -0.2) is 0 Å². The maximum absolute atomic E-state index is 4.28. The third-order valence-corrected chi connectivity index (χ3v) is 4.34. The number of halogens is 1. The predicted molar refractivity (Wildman–Crippen MR) is 92.3 cm³/mol. The van der Waals surface area contributed by atoms with Gasteiger partial charge in [0.1, 0.15) is 0 Å². The smallest absolute Gasteiger partial charge is 0.191 e. The Balaban J connectivity index is 0.00000180. The Morgan fingerprint density at radius 2 is 1.95 bits per heavy atom. The van der Waals surface area contributed by atoms with E-state index in [1.54, 1.807) is 0 Å². The van der Waals surface area contributed by atoms with Crippen molar-refractivity contribution in [1.82, 2.24) is 15.5 Å². The van der Waals surface area contributed by atoms with E-state index in [-0.39, 0.29) is 24.0 Å². The summed E-state index contributed by atoms with van der Waals surface area (Å²) < 4.78 is 0. The van der Waals surface area contributed by atoms with E-state index in [1.807, 2.05) is 7.05 Å². The molecule has 5 heteroatoms. The number of guanidine groups is 1. The van der Waals surface area contributed by atoms with Gasteiger partial charge in [0, 0.05) is 19.6 Å². The number of aliphatic imine (C=N–C) groups is 1.